The quantitative estimate of drug-likeness (QED) is 0.688. The lowest BCUT2D eigenvalue weighted by Crippen LogP contribution is -2.41. The molecule has 5 nitrogen and oxygen atoms in total. The highest BCUT2D eigenvalue weighted by Crippen LogP contribution is 2.39. The van der Waals surface area contributed by atoms with Gasteiger partial charge in [0, 0.05) is 5.69 Å². The number of nitrogens with one attached hydrogen (secondary N) is 2. The maximum Gasteiger partial charge on any atom is 0.240 e. The van der Waals surface area contributed by atoms with E-state index in [0.717, 1.165) is 22.0 Å². The van der Waals surface area contributed by atoms with Crippen LogP contribution < -0.4 is 15.5 Å². The Kier molecular flexibility index (Phi) is 5.00. The second-order valence-electron chi connectivity index (χ2n) is 6.54. The zero-order valence-electron chi connectivity index (χ0n) is 15.5. The topological polar surface area (TPSA) is 55.3 Å². The van der Waals surface area contributed by atoms with Crippen LogP contribution in [0.15, 0.2) is 65.7 Å². The van der Waals surface area contributed by atoms with E-state index in [9.17, 15) is 9.18 Å². The summed E-state index contributed by atoms with van der Waals surface area (Å²) in [5.41, 5.74) is 5.61. The first-order chi connectivity index (χ1) is 13.6. The molecule has 2 aromatic carbocycles. The Labute approximate surface area is 166 Å². The summed E-state index contributed by atoms with van der Waals surface area (Å²) in [4.78, 5) is 13.1. The van der Waals surface area contributed by atoms with Gasteiger partial charge in [0.05, 0.1) is 23.9 Å². The summed E-state index contributed by atoms with van der Waals surface area (Å²) in [6.45, 7) is 2.00. The van der Waals surface area contributed by atoms with Crippen molar-refractivity contribution < 1.29 is 13.9 Å². The predicted molar refractivity (Wildman–Crippen MR) is 109 cm³/mol. The number of methoxy groups -OCH3 is 1. The number of benzene rings is 2. The first-order valence-electron chi connectivity index (χ1n) is 8.87. The van der Waals surface area contributed by atoms with Crippen molar-refractivity contribution in [2.45, 2.75) is 23.2 Å². The minimum absolute atomic E-state index is 0.179. The summed E-state index contributed by atoms with van der Waals surface area (Å²) in [6.07, 6.45) is 0. The van der Waals surface area contributed by atoms with Gasteiger partial charge >= 0.3 is 0 Å². The number of fused-ring (bicyclic) bond motifs is 1. The van der Waals surface area contributed by atoms with E-state index in [1.165, 1.54) is 17.8 Å². The van der Waals surface area contributed by atoms with Crippen LogP contribution in [0.1, 0.15) is 17.3 Å². The highest BCUT2D eigenvalue weighted by Gasteiger charge is 2.36. The minimum atomic E-state index is -0.477. The number of halogens is 1. The van der Waals surface area contributed by atoms with Crippen LogP contribution in [-0.4, -0.2) is 22.9 Å². The lowest BCUT2D eigenvalue weighted by atomic mass is 10.0. The lowest BCUT2D eigenvalue weighted by Gasteiger charge is -2.34. The van der Waals surface area contributed by atoms with Crippen molar-refractivity contribution in [3.05, 3.63) is 77.7 Å². The molecule has 0 saturated carbocycles. The molecule has 1 aliphatic rings. The number of aryl methyl sites for hydroxylation is 1. The van der Waals surface area contributed by atoms with Crippen molar-refractivity contribution in [3.63, 3.8) is 0 Å². The number of carbonyl (C=O) groups is 1. The van der Waals surface area contributed by atoms with Gasteiger partial charge in [-0.3, -0.25) is 9.47 Å². The Hall–Kier alpha value is -2.93. The van der Waals surface area contributed by atoms with Gasteiger partial charge in [-0.05, 0) is 48.9 Å². The molecule has 2 atom stereocenters. The lowest BCUT2D eigenvalue weighted by molar-refractivity contribution is -0.116. The van der Waals surface area contributed by atoms with Gasteiger partial charge < -0.3 is 15.5 Å². The summed E-state index contributed by atoms with van der Waals surface area (Å²) < 4.78 is 21.2. The molecule has 0 bridgehead atoms. The van der Waals surface area contributed by atoms with Crippen LogP contribution in [0.4, 0.5) is 10.1 Å². The molecular formula is C21H20FN3O2S. The molecule has 2 N–H and O–H groups in total. The molecule has 0 saturated heterocycles. The van der Waals surface area contributed by atoms with E-state index in [2.05, 4.69) is 10.7 Å². The molecule has 144 valence electrons. The number of para-hydroxylation sites is 1. The molecule has 0 radical (unpaired) electrons. The number of nitrogens with zero attached hydrogens (tertiary/aromatic N) is 1. The third-order valence-corrected chi connectivity index (χ3v) is 6.02. The molecule has 4 rings (SSSR count). The summed E-state index contributed by atoms with van der Waals surface area (Å²) in [5, 5.41) is 3.19. The van der Waals surface area contributed by atoms with Crippen LogP contribution in [0.3, 0.4) is 0 Å². The molecule has 2 heterocycles. The summed E-state index contributed by atoms with van der Waals surface area (Å²) >= 11 is 1.46. The van der Waals surface area contributed by atoms with E-state index < -0.39 is 11.1 Å². The van der Waals surface area contributed by atoms with Crippen molar-refractivity contribution in [2.24, 2.45) is 0 Å². The molecular weight excluding hydrogens is 377 g/mol. The Morgan fingerprint density at radius 1 is 1.14 bits per heavy atom. The largest absolute Gasteiger partial charge is 0.497 e. The smallest absolute Gasteiger partial charge is 0.240 e. The van der Waals surface area contributed by atoms with Crippen molar-refractivity contribution >= 4 is 23.4 Å². The van der Waals surface area contributed by atoms with Crippen molar-refractivity contribution in [1.29, 1.82) is 0 Å². The minimum Gasteiger partial charge on any atom is -0.497 e. The zero-order chi connectivity index (χ0) is 19.7. The van der Waals surface area contributed by atoms with Crippen LogP contribution in [0, 0.1) is 12.7 Å². The Balaban J connectivity index is 1.67. The van der Waals surface area contributed by atoms with Crippen molar-refractivity contribution in [1.82, 2.24) is 4.68 Å². The molecule has 1 amide bonds. The average Bonchev–Trinajstić information content (AvgIpc) is 3.09. The third kappa shape index (κ3) is 3.45. The standard InChI is InChI=1S/C21H20FN3O2S/c1-13-7-12-18-25(13)24-19(14-8-10-15(27-2)11-9-14)20(28-18)21(26)23-17-6-4-3-5-16(17)22/h3-12,19-20,24H,1-2H3,(H,23,26)/t19-,20+/m1/s1. The summed E-state index contributed by atoms with van der Waals surface area (Å²) in [5.74, 6) is 0.0377. The number of ether oxygens (including phenoxy) is 1. The van der Waals surface area contributed by atoms with Crippen LogP contribution in [0.25, 0.3) is 0 Å². The second kappa shape index (κ2) is 7.59. The number of aromatic nitrogens is 1. The molecule has 0 fully saturated rings. The number of hydrogen-bond acceptors (Lipinski definition) is 4. The fraction of sp³-hybridized carbons (Fsp3) is 0.190. The van der Waals surface area contributed by atoms with Gasteiger partial charge in [-0.15, -0.1) is 0 Å². The first-order valence-corrected chi connectivity index (χ1v) is 9.75. The van der Waals surface area contributed by atoms with Crippen LogP contribution in [0.5, 0.6) is 5.75 Å². The second-order valence-corrected chi connectivity index (χ2v) is 7.70. The monoisotopic (exact) mass is 397 g/mol. The van der Waals surface area contributed by atoms with Gasteiger partial charge in [0.1, 0.15) is 16.8 Å². The zero-order valence-corrected chi connectivity index (χ0v) is 16.3. The molecule has 3 aromatic rings. The number of thioether (sulfide) groups is 1. The number of rotatable bonds is 4. The highest BCUT2D eigenvalue weighted by molar-refractivity contribution is 8.00. The maximum absolute atomic E-state index is 14.0. The predicted octanol–water partition coefficient (Wildman–Crippen LogP) is 4.34. The van der Waals surface area contributed by atoms with E-state index in [1.54, 1.807) is 25.3 Å². The molecule has 0 spiro atoms. The Morgan fingerprint density at radius 3 is 2.61 bits per heavy atom. The number of carbonyl (C=O) groups excluding carboxylic acids is 1. The van der Waals surface area contributed by atoms with Gasteiger partial charge in [0.15, 0.2) is 0 Å². The summed E-state index contributed by atoms with van der Waals surface area (Å²) in [7, 11) is 1.61. The molecule has 1 aromatic heterocycles. The fourth-order valence-electron chi connectivity index (χ4n) is 3.21. The Bertz CT molecular complexity index is 1000. The maximum atomic E-state index is 14.0. The first kappa shape index (κ1) is 18.4. The van der Waals surface area contributed by atoms with Gasteiger partial charge in [0.2, 0.25) is 5.91 Å². The van der Waals surface area contributed by atoms with Gasteiger partial charge in [-0.1, -0.05) is 36.0 Å². The highest BCUT2D eigenvalue weighted by atomic mass is 32.2. The fourth-order valence-corrected chi connectivity index (χ4v) is 4.44. The van der Waals surface area contributed by atoms with Crippen molar-refractivity contribution in [3.8, 4) is 5.75 Å². The van der Waals surface area contributed by atoms with Crippen LogP contribution in [-0.2, 0) is 4.79 Å². The Morgan fingerprint density at radius 2 is 1.89 bits per heavy atom. The third-order valence-electron chi connectivity index (χ3n) is 4.72. The van der Waals surface area contributed by atoms with Crippen LogP contribution >= 0.6 is 11.8 Å². The van der Waals surface area contributed by atoms with E-state index in [0.29, 0.717) is 0 Å². The molecule has 7 heteroatoms. The SMILES string of the molecule is COc1ccc([C@H]2Nn3c(C)ccc3S[C@@H]2C(=O)Nc2ccccc2F)cc1. The molecule has 1 aliphatic heterocycles. The number of anilines is 1. The van der Waals surface area contributed by atoms with Crippen LogP contribution in [0.2, 0.25) is 0 Å². The molecule has 0 aliphatic carbocycles. The van der Waals surface area contributed by atoms with E-state index >= 15 is 0 Å². The van der Waals surface area contributed by atoms with Crippen molar-refractivity contribution in [2.75, 3.05) is 17.9 Å². The number of amides is 1. The van der Waals surface area contributed by atoms with Gasteiger partial charge in [0.25, 0.3) is 0 Å². The number of hydrogen-bond donors (Lipinski definition) is 2. The van der Waals surface area contributed by atoms with E-state index in [4.69, 9.17) is 4.74 Å². The van der Waals surface area contributed by atoms with Gasteiger partial charge in [-0.25, -0.2) is 4.39 Å². The average molecular weight is 397 g/mol. The van der Waals surface area contributed by atoms with Gasteiger partial charge in [-0.2, -0.15) is 0 Å². The summed E-state index contributed by atoms with van der Waals surface area (Å²) in [6, 6.07) is 17.5. The van der Waals surface area contributed by atoms with E-state index in [1.807, 2.05) is 48.0 Å². The molecule has 28 heavy (non-hydrogen) atoms. The van der Waals surface area contributed by atoms with E-state index in [-0.39, 0.29) is 17.6 Å². The molecule has 0 unspecified atom stereocenters. The normalized spacial score (nSPS) is 18.1.